The highest BCUT2D eigenvalue weighted by Crippen LogP contribution is 2.26. The summed E-state index contributed by atoms with van der Waals surface area (Å²) in [5, 5.41) is 6.40. The number of hydrogen-bond donors (Lipinski definition) is 2. The van der Waals surface area contributed by atoms with Gasteiger partial charge in [0.25, 0.3) is 0 Å². The molecule has 1 aliphatic heterocycles. The van der Waals surface area contributed by atoms with Crippen LogP contribution in [0.15, 0.2) is 48.5 Å². The van der Waals surface area contributed by atoms with Crippen LogP contribution < -0.4 is 10.6 Å². The van der Waals surface area contributed by atoms with Gasteiger partial charge in [0.15, 0.2) is 0 Å². The Labute approximate surface area is 146 Å². The first kappa shape index (κ1) is 17.5. The molecule has 3 rings (SSSR count). The molecular weight excluding hydrogens is 322 g/mol. The Morgan fingerprint density at radius 3 is 2.36 bits per heavy atom. The lowest BCUT2D eigenvalue weighted by molar-refractivity contribution is -0.122. The molecule has 25 heavy (non-hydrogen) atoms. The van der Waals surface area contributed by atoms with Crippen LogP contribution in [0.1, 0.15) is 29.9 Å². The first-order valence-corrected chi connectivity index (χ1v) is 8.62. The van der Waals surface area contributed by atoms with Gasteiger partial charge in [-0.2, -0.15) is 0 Å². The molecule has 2 aromatic rings. The second kappa shape index (κ2) is 8.21. The maximum Gasteiger partial charge on any atom is 0.220 e. The molecule has 1 heterocycles. The number of piperidine rings is 1. The number of amides is 1. The summed E-state index contributed by atoms with van der Waals surface area (Å²) in [7, 11) is 0. The van der Waals surface area contributed by atoms with Gasteiger partial charge in [0.05, 0.1) is 0 Å². The van der Waals surface area contributed by atoms with E-state index in [4.69, 9.17) is 0 Å². The van der Waals surface area contributed by atoms with E-state index in [1.165, 1.54) is 24.3 Å². The van der Waals surface area contributed by atoms with Crippen LogP contribution in [-0.4, -0.2) is 25.0 Å². The third kappa shape index (κ3) is 4.86. The van der Waals surface area contributed by atoms with E-state index >= 15 is 0 Å². The summed E-state index contributed by atoms with van der Waals surface area (Å²) in [6, 6.07) is 12.7. The van der Waals surface area contributed by atoms with Crippen molar-refractivity contribution in [1.29, 1.82) is 0 Å². The zero-order valence-electron chi connectivity index (χ0n) is 14.0. The molecule has 3 nitrogen and oxygen atoms in total. The molecular formula is C20H22F2N2O. The third-order valence-electron chi connectivity index (χ3n) is 4.68. The van der Waals surface area contributed by atoms with Crippen LogP contribution in [0.3, 0.4) is 0 Å². The van der Waals surface area contributed by atoms with Crippen molar-refractivity contribution in [2.45, 2.75) is 31.2 Å². The van der Waals surface area contributed by atoms with Gasteiger partial charge in [-0.05, 0) is 54.8 Å². The van der Waals surface area contributed by atoms with E-state index in [-0.39, 0.29) is 29.5 Å². The van der Waals surface area contributed by atoms with Gasteiger partial charge in [0.2, 0.25) is 5.91 Å². The summed E-state index contributed by atoms with van der Waals surface area (Å²) in [6.07, 6.45) is 1.83. The standard InChI is InChI=1S/C20H22F2N2O/c21-16-6-1-14(2-7-16)3-10-20(25)24-19-13-23-12-11-18(19)15-4-8-17(22)9-5-15/h1-2,4-9,18-19,23H,3,10-13H2,(H,24,25)/t18-,19-/m1/s1. The Morgan fingerprint density at radius 2 is 1.68 bits per heavy atom. The largest absolute Gasteiger partial charge is 0.351 e. The van der Waals surface area contributed by atoms with Crippen LogP contribution in [0.25, 0.3) is 0 Å². The van der Waals surface area contributed by atoms with Crippen molar-refractivity contribution in [3.8, 4) is 0 Å². The Kier molecular flexibility index (Phi) is 5.76. The summed E-state index contributed by atoms with van der Waals surface area (Å²) in [5.41, 5.74) is 1.99. The topological polar surface area (TPSA) is 41.1 Å². The van der Waals surface area contributed by atoms with Crippen LogP contribution in [0.2, 0.25) is 0 Å². The van der Waals surface area contributed by atoms with Crippen molar-refractivity contribution in [3.63, 3.8) is 0 Å². The summed E-state index contributed by atoms with van der Waals surface area (Å²) in [5.74, 6) is -0.372. The number of carbonyl (C=O) groups excluding carboxylic acids is 1. The second-order valence-electron chi connectivity index (χ2n) is 6.45. The Bertz CT molecular complexity index is 701. The van der Waals surface area contributed by atoms with Crippen LogP contribution in [0, 0.1) is 11.6 Å². The van der Waals surface area contributed by atoms with E-state index in [1.807, 2.05) is 0 Å². The number of hydrogen-bond acceptors (Lipinski definition) is 2. The van der Waals surface area contributed by atoms with Crippen molar-refractivity contribution >= 4 is 5.91 Å². The summed E-state index contributed by atoms with van der Waals surface area (Å²) < 4.78 is 26.1. The van der Waals surface area contributed by atoms with Crippen molar-refractivity contribution in [2.24, 2.45) is 0 Å². The van der Waals surface area contributed by atoms with Gasteiger partial charge in [0.1, 0.15) is 11.6 Å². The average Bonchev–Trinajstić information content (AvgIpc) is 2.63. The quantitative estimate of drug-likeness (QED) is 0.875. The van der Waals surface area contributed by atoms with Gasteiger partial charge in [0, 0.05) is 24.9 Å². The summed E-state index contributed by atoms with van der Waals surface area (Å²) >= 11 is 0. The lowest BCUT2D eigenvalue weighted by Crippen LogP contribution is -2.50. The van der Waals surface area contributed by atoms with Crippen molar-refractivity contribution in [2.75, 3.05) is 13.1 Å². The highest BCUT2D eigenvalue weighted by atomic mass is 19.1. The maximum atomic E-state index is 13.1. The van der Waals surface area contributed by atoms with Gasteiger partial charge in [-0.3, -0.25) is 4.79 Å². The lowest BCUT2D eigenvalue weighted by Gasteiger charge is -2.33. The molecule has 132 valence electrons. The molecule has 2 aromatic carbocycles. The number of benzene rings is 2. The molecule has 0 radical (unpaired) electrons. The zero-order chi connectivity index (χ0) is 17.6. The molecule has 0 aliphatic carbocycles. The number of rotatable bonds is 5. The minimum atomic E-state index is -0.274. The van der Waals surface area contributed by atoms with Crippen LogP contribution in [0.5, 0.6) is 0 Å². The number of carbonyl (C=O) groups is 1. The molecule has 1 saturated heterocycles. The predicted molar refractivity (Wildman–Crippen MR) is 93.3 cm³/mol. The van der Waals surface area contributed by atoms with Gasteiger partial charge in [-0.1, -0.05) is 24.3 Å². The van der Waals surface area contributed by atoms with Gasteiger partial charge in [-0.25, -0.2) is 8.78 Å². The number of halogens is 2. The molecule has 2 atom stereocenters. The van der Waals surface area contributed by atoms with E-state index in [0.717, 1.165) is 24.1 Å². The molecule has 2 N–H and O–H groups in total. The Balaban J connectivity index is 1.58. The number of nitrogens with one attached hydrogen (secondary N) is 2. The third-order valence-corrected chi connectivity index (χ3v) is 4.68. The minimum Gasteiger partial charge on any atom is -0.351 e. The van der Waals surface area contributed by atoms with Gasteiger partial charge < -0.3 is 10.6 Å². The predicted octanol–water partition coefficient (Wildman–Crippen LogP) is 3.16. The van der Waals surface area contributed by atoms with E-state index in [0.29, 0.717) is 19.4 Å². The van der Waals surface area contributed by atoms with E-state index in [9.17, 15) is 13.6 Å². The van der Waals surface area contributed by atoms with Crippen LogP contribution in [-0.2, 0) is 11.2 Å². The molecule has 1 amide bonds. The fourth-order valence-electron chi connectivity index (χ4n) is 3.31. The van der Waals surface area contributed by atoms with E-state index < -0.39 is 0 Å². The Hall–Kier alpha value is -2.27. The highest BCUT2D eigenvalue weighted by molar-refractivity contribution is 5.76. The Morgan fingerprint density at radius 1 is 1.04 bits per heavy atom. The average molecular weight is 344 g/mol. The fraction of sp³-hybridized carbons (Fsp3) is 0.350. The molecule has 0 aromatic heterocycles. The first-order chi connectivity index (χ1) is 12.1. The summed E-state index contributed by atoms with van der Waals surface area (Å²) in [6.45, 7) is 1.58. The maximum absolute atomic E-state index is 13.1. The van der Waals surface area contributed by atoms with Crippen LogP contribution in [0.4, 0.5) is 8.78 Å². The molecule has 0 saturated carbocycles. The smallest absolute Gasteiger partial charge is 0.220 e. The minimum absolute atomic E-state index is 0.0140. The molecule has 0 bridgehead atoms. The van der Waals surface area contributed by atoms with Crippen molar-refractivity contribution < 1.29 is 13.6 Å². The zero-order valence-corrected chi connectivity index (χ0v) is 14.0. The first-order valence-electron chi connectivity index (χ1n) is 8.62. The lowest BCUT2D eigenvalue weighted by atomic mass is 9.86. The van der Waals surface area contributed by atoms with Crippen molar-refractivity contribution in [3.05, 3.63) is 71.3 Å². The van der Waals surface area contributed by atoms with E-state index in [1.54, 1.807) is 24.3 Å². The molecule has 1 aliphatic rings. The summed E-state index contributed by atoms with van der Waals surface area (Å²) in [4.78, 5) is 12.3. The second-order valence-corrected chi connectivity index (χ2v) is 6.45. The normalized spacial score (nSPS) is 20.2. The SMILES string of the molecule is O=C(CCc1ccc(F)cc1)N[C@@H]1CNCC[C@@H]1c1ccc(F)cc1. The van der Waals surface area contributed by atoms with Crippen molar-refractivity contribution in [1.82, 2.24) is 10.6 Å². The van der Waals surface area contributed by atoms with Gasteiger partial charge >= 0.3 is 0 Å². The molecule has 5 heteroatoms. The monoisotopic (exact) mass is 344 g/mol. The highest BCUT2D eigenvalue weighted by Gasteiger charge is 2.27. The van der Waals surface area contributed by atoms with Gasteiger partial charge in [-0.15, -0.1) is 0 Å². The fourth-order valence-corrected chi connectivity index (χ4v) is 3.31. The van der Waals surface area contributed by atoms with E-state index in [2.05, 4.69) is 10.6 Å². The number of aryl methyl sites for hydroxylation is 1. The molecule has 1 fully saturated rings. The molecule has 0 unspecified atom stereocenters. The molecule has 0 spiro atoms. The van der Waals surface area contributed by atoms with Crippen LogP contribution >= 0.6 is 0 Å².